The maximum absolute atomic E-state index is 11.7. The summed E-state index contributed by atoms with van der Waals surface area (Å²) in [5.74, 6) is 0. The first-order valence-corrected chi connectivity index (χ1v) is 9.77. The molecule has 3 rings (SSSR count). The molecule has 138 valence electrons. The fraction of sp³-hybridized carbons (Fsp3) is 0.294. The Kier molecular flexibility index (Phi) is 5.10. The third kappa shape index (κ3) is 3.94. The second-order valence-corrected chi connectivity index (χ2v) is 7.75. The Bertz CT molecular complexity index is 902. The second-order valence-electron chi connectivity index (χ2n) is 6.22. The van der Waals surface area contributed by atoms with Gasteiger partial charge in [-0.2, -0.15) is 0 Å². The fourth-order valence-electron chi connectivity index (χ4n) is 3.26. The van der Waals surface area contributed by atoms with Crippen LogP contribution in [0.25, 0.3) is 0 Å². The number of nitrogens with zero attached hydrogens (tertiary/aromatic N) is 2. The zero-order valence-corrected chi connectivity index (χ0v) is 14.9. The predicted octanol–water partition coefficient (Wildman–Crippen LogP) is 2.32. The van der Waals surface area contributed by atoms with Crippen LogP contribution < -0.4 is 15.4 Å². The smallest absolute Gasteiger partial charge is 0.312 e. The maximum Gasteiger partial charge on any atom is 0.312 e. The molecule has 1 atom stereocenters. The van der Waals surface area contributed by atoms with Crippen molar-refractivity contribution in [1.82, 2.24) is 0 Å². The topological polar surface area (TPSA) is 119 Å². The molecule has 0 bridgehead atoms. The molecule has 0 amide bonds. The largest absolute Gasteiger partial charge is 0.381 e. The van der Waals surface area contributed by atoms with Gasteiger partial charge in [-0.1, -0.05) is 24.3 Å². The average molecular weight is 376 g/mol. The zero-order valence-electron chi connectivity index (χ0n) is 14.0. The van der Waals surface area contributed by atoms with Crippen molar-refractivity contribution in [2.24, 2.45) is 5.14 Å². The van der Waals surface area contributed by atoms with Crippen molar-refractivity contribution in [2.75, 3.05) is 23.3 Å². The number of para-hydroxylation sites is 2. The lowest BCUT2D eigenvalue weighted by Gasteiger charge is -2.35. The highest BCUT2D eigenvalue weighted by Gasteiger charge is 2.31. The van der Waals surface area contributed by atoms with Crippen LogP contribution in [0.5, 0.6) is 0 Å². The molecule has 1 saturated heterocycles. The number of hydrogen-bond donors (Lipinski definition) is 2. The molecule has 2 aromatic rings. The number of piperidine rings is 1. The minimum Gasteiger partial charge on any atom is -0.381 e. The lowest BCUT2D eigenvalue weighted by molar-refractivity contribution is -0.387. The van der Waals surface area contributed by atoms with E-state index in [1.807, 2.05) is 35.2 Å². The van der Waals surface area contributed by atoms with Gasteiger partial charge in [0.05, 0.1) is 4.92 Å². The first-order chi connectivity index (χ1) is 12.4. The van der Waals surface area contributed by atoms with Gasteiger partial charge in [0.25, 0.3) is 0 Å². The van der Waals surface area contributed by atoms with E-state index < -0.39 is 25.5 Å². The summed E-state index contributed by atoms with van der Waals surface area (Å²) in [5, 5.41) is 20.1. The van der Waals surface area contributed by atoms with E-state index in [1.165, 1.54) is 12.1 Å². The highest BCUT2D eigenvalue weighted by atomic mass is 32.2. The molecule has 1 heterocycles. The quantitative estimate of drug-likeness (QED) is 0.611. The average Bonchev–Trinajstić information content (AvgIpc) is 2.61. The molecule has 9 heteroatoms. The minimum absolute atomic E-state index is 0.101. The Morgan fingerprint density at radius 1 is 1.15 bits per heavy atom. The number of nitrogens with one attached hydrogen (secondary N) is 1. The van der Waals surface area contributed by atoms with E-state index in [0.29, 0.717) is 13.1 Å². The molecule has 0 aliphatic carbocycles. The number of nitro benzene ring substituents is 1. The summed E-state index contributed by atoms with van der Waals surface area (Å²) in [7, 11) is -4.19. The van der Waals surface area contributed by atoms with Crippen molar-refractivity contribution in [3.8, 4) is 0 Å². The van der Waals surface area contributed by atoms with E-state index in [0.717, 1.165) is 18.5 Å². The Morgan fingerprint density at radius 2 is 1.88 bits per heavy atom. The van der Waals surface area contributed by atoms with Crippen LogP contribution in [0.15, 0.2) is 53.4 Å². The number of primary sulfonamides is 1. The highest BCUT2D eigenvalue weighted by Crippen LogP contribution is 2.35. The van der Waals surface area contributed by atoms with Gasteiger partial charge in [-0.25, -0.2) is 13.6 Å². The van der Waals surface area contributed by atoms with E-state index in [1.54, 1.807) is 6.07 Å². The standard InChI is InChI=1S/C17H20N4O4S/c18-26(24,25)16-10-4-9-15(17(16)21(22)23)20-11-5-8-14(12-20)19-13-6-2-1-3-7-13/h1-4,6-7,9-10,14,19H,5,8,11-12H2,(H2,18,24,25). The third-order valence-corrected chi connectivity index (χ3v) is 5.32. The van der Waals surface area contributed by atoms with Crippen molar-refractivity contribution in [2.45, 2.75) is 23.8 Å². The van der Waals surface area contributed by atoms with E-state index in [9.17, 15) is 18.5 Å². The molecular weight excluding hydrogens is 356 g/mol. The molecule has 1 aliphatic rings. The van der Waals surface area contributed by atoms with Crippen LogP contribution in [0.3, 0.4) is 0 Å². The molecule has 3 N–H and O–H groups in total. The van der Waals surface area contributed by atoms with E-state index in [-0.39, 0.29) is 11.7 Å². The van der Waals surface area contributed by atoms with Crippen LogP contribution in [0.1, 0.15) is 12.8 Å². The Balaban J connectivity index is 1.90. The van der Waals surface area contributed by atoms with Crippen LogP contribution in [0, 0.1) is 10.1 Å². The number of benzene rings is 2. The number of nitro groups is 1. The number of nitrogens with two attached hydrogens (primary N) is 1. The van der Waals surface area contributed by atoms with E-state index >= 15 is 0 Å². The molecule has 26 heavy (non-hydrogen) atoms. The molecule has 1 aliphatic heterocycles. The normalized spacial score (nSPS) is 17.7. The van der Waals surface area contributed by atoms with Gasteiger partial charge in [0.2, 0.25) is 10.0 Å². The Labute approximate surface area is 151 Å². The Morgan fingerprint density at radius 3 is 2.54 bits per heavy atom. The maximum atomic E-state index is 11.7. The van der Waals surface area contributed by atoms with Gasteiger partial charge in [0.1, 0.15) is 5.69 Å². The summed E-state index contributed by atoms with van der Waals surface area (Å²) in [6, 6.07) is 14.0. The summed E-state index contributed by atoms with van der Waals surface area (Å²) < 4.78 is 23.5. The summed E-state index contributed by atoms with van der Waals surface area (Å²) >= 11 is 0. The van der Waals surface area contributed by atoms with Gasteiger partial charge in [-0.05, 0) is 37.1 Å². The fourth-order valence-corrected chi connectivity index (χ4v) is 3.98. The van der Waals surface area contributed by atoms with Crippen molar-refractivity contribution in [3.05, 3.63) is 58.6 Å². The van der Waals surface area contributed by atoms with E-state index in [4.69, 9.17) is 5.14 Å². The molecule has 0 radical (unpaired) electrons. The molecule has 0 saturated carbocycles. The molecule has 1 unspecified atom stereocenters. The van der Waals surface area contributed by atoms with Gasteiger partial charge < -0.3 is 10.2 Å². The minimum atomic E-state index is -4.19. The Hall–Kier alpha value is -2.65. The SMILES string of the molecule is NS(=O)(=O)c1cccc(N2CCCC(Nc3ccccc3)C2)c1[N+](=O)[O-]. The van der Waals surface area contributed by atoms with Crippen molar-refractivity contribution in [1.29, 1.82) is 0 Å². The zero-order chi connectivity index (χ0) is 18.7. The number of sulfonamides is 1. The van der Waals surface area contributed by atoms with Gasteiger partial charge in [-0.3, -0.25) is 10.1 Å². The first-order valence-electron chi connectivity index (χ1n) is 8.23. The van der Waals surface area contributed by atoms with Gasteiger partial charge in [0.15, 0.2) is 4.90 Å². The van der Waals surface area contributed by atoms with Crippen LogP contribution in [0.4, 0.5) is 17.1 Å². The lowest BCUT2D eigenvalue weighted by Crippen LogP contribution is -2.42. The van der Waals surface area contributed by atoms with E-state index in [2.05, 4.69) is 5.32 Å². The molecule has 8 nitrogen and oxygen atoms in total. The van der Waals surface area contributed by atoms with Gasteiger partial charge >= 0.3 is 5.69 Å². The third-order valence-electron chi connectivity index (χ3n) is 4.37. The molecule has 0 spiro atoms. The number of rotatable bonds is 5. The van der Waals surface area contributed by atoms with Crippen molar-refractivity contribution < 1.29 is 13.3 Å². The molecule has 1 fully saturated rings. The van der Waals surface area contributed by atoms with Gasteiger partial charge in [-0.15, -0.1) is 0 Å². The predicted molar refractivity (Wildman–Crippen MR) is 99.8 cm³/mol. The molecular formula is C17H20N4O4S. The number of hydrogen-bond acceptors (Lipinski definition) is 6. The van der Waals surface area contributed by atoms with Crippen molar-refractivity contribution in [3.63, 3.8) is 0 Å². The highest BCUT2D eigenvalue weighted by molar-refractivity contribution is 7.89. The number of anilines is 2. The summed E-state index contributed by atoms with van der Waals surface area (Å²) in [4.78, 5) is 12.3. The molecule has 0 aromatic heterocycles. The van der Waals surface area contributed by atoms with Crippen molar-refractivity contribution >= 4 is 27.1 Å². The second kappa shape index (κ2) is 7.30. The lowest BCUT2D eigenvalue weighted by atomic mass is 10.0. The van der Waals surface area contributed by atoms with Crippen LogP contribution in [0.2, 0.25) is 0 Å². The van der Waals surface area contributed by atoms with Crippen LogP contribution in [-0.2, 0) is 10.0 Å². The summed E-state index contributed by atoms with van der Waals surface area (Å²) in [6.07, 6.45) is 1.76. The summed E-state index contributed by atoms with van der Waals surface area (Å²) in [5.41, 5.74) is 0.795. The monoisotopic (exact) mass is 376 g/mol. The molecule has 2 aromatic carbocycles. The van der Waals surface area contributed by atoms with Crippen LogP contribution >= 0.6 is 0 Å². The first kappa shape index (κ1) is 18.2. The summed E-state index contributed by atoms with van der Waals surface area (Å²) in [6.45, 7) is 1.14. The van der Waals surface area contributed by atoms with Gasteiger partial charge in [0, 0.05) is 24.8 Å². The van der Waals surface area contributed by atoms with Crippen LogP contribution in [-0.4, -0.2) is 32.5 Å².